The van der Waals surface area contributed by atoms with Crippen LogP contribution in [-0.4, -0.2) is 23.0 Å². The molecule has 2 N–H and O–H groups in total. The van der Waals surface area contributed by atoms with E-state index in [2.05, 4.69) is 21.2 Å². The number of halogens is 1. The molecule has 1 aromatic rings. The molecule has 4 nitrogen and oxygen atoms in total. The third kappa shape index (κ3) is 5.32. The molecule has 1 heterocycles. The van der Waals surface area contributed by atoms with Crippen LogP contribution in [0, 0.1) is 5.92 Å². The van der Waals surface area contributed by atoms with Crippen LogP contribution in [0.15, 0.2) is 15.9 Å². The van der Waals surface area contributed by atoms with Gasteiger partial charge < -0.3 is 10.4 Å². The van der Waals surface area contributed by atoms with Crippen LogP contribution in [0.3, 0.4) is 0 Å². The molecule has 0 radical (unpaired) electrons. The van der Waals surface area contributed by atoms with Crippen LogP contribution in [0.4, 0.5) is 0 Å². The summed E-state index contributed by atoms with van der Waals surface area (Å²) in [5.74, 6) is -1.25. The van der Waals surface area contributed by atoms with E-state index < -0.39 is 12.0 Å². The van der Waals surface area contributed by atoms with E-state index in [-0.39, 0.29) is 11.8 Å². The Morgan fingerprint density at radius 3 is 2.68 bits per heavy atom. The van der Waals surface area contributed by atoms with Gasteiger partial charge in [-0.1, -0.05) is 20.3 Å². The summed E-state index contributed by atoms with van der Waals surface area (Å²) >= 11 is 4.94. The summed E-state index contributed by atoms with van der Waals surface area (Å²) in [5.41, 5.74) is 0. The Hall–Kier alpha value is -0.880. The van der Waals surface area contributed by atoms with Crippen molar-refractivity contribution in [1.82, 2.24) is 5.32 Å². The lowest BCUT2D eigenvalue weighted by Crippen LogP contribution is -2.45. The molecule has 0 bridgehead atoms. The molecular formula is C13H18BrNO3S. The van der Waals surface area contributed by atoms with Crippen LogP contribution in [0.25, 0.3) is 0 Å². The summed E-state index contributed by atoms with van der Waals surface area (Å²) in [4.78, 5) is 24.0. The van der Waals surface area contributed by atoms with E-state index in [1.165, 1.54) is 0 Å². The highest BCUT2D eigenvalue weighted by atomic mass is 79.9. The van der Waals surface area contributed by atoms with Crippen molar-refractivity contribution in [3.63, 3.8) is 0 Å². The van der Waals surface area contributed by atoms with Gasteiger partial charge in [-0.25, -0.2) is 4.79 Å². The number of hydrogen-bond donors (Lipinski definition) is 2. The third-order valence-electron chi connectivity index (χ3n) is 3.02. The standard InChI is InChI=1S/C13H18BrNO3S/c1-3-8(2)12(13(17)18)15-11(16)5-4-10-6-9(14)7-19-10/h6-8,12H,3-5H2,1-2H3,(H,15,16)(H,17,18). The normalized spacial score (nSPS) is 13.8. The van der Waals surface area contributed by atoms with E-state index in [9.17, 15) is 9.59 Å². The van der Waals surface area contributed by atoms with E-state index >= 15 is 0 Å². The molecule has 0 aliphatic carbocycles. The van der Waals surface area contributed by atoms with E-state index in [1.807, 2.05) is 25.3 Å². The number of carbonyl (C=O) groups excluding carboxylic acids is 1. The zero-order valence-corrected chi connectivity index (χ0v) is 13.4. The molecule has 1 rings (SSSR count). The smallest absolute Gasteiger partial charge is 0.326 e. The van der Waals surface area contributed by atoms with Crippen LogP contribution in [0.1, 0.15) is 31.6 Å². The molecule has 0 spiro atoms. The second-order valence-corrected chi connectivity index (χ2v) is 6.41. The zero-order valence-electron chi connectivity index (χ0n) is 11.0. The van der Waals surface area contributed by atoms with Gasteiger partial charge in [0.05, 0.1) is 0 Å². The first-order valence-electron chi connectivity index (χ1n) is 6.19. The quantitative estimate of drug-likeness (QED) is 0.796. The van der Waals surface area contributed by atoms with Crippen molar-refractivity contribution >= 4 is 39.1 Å². The number of carboxylic acid groups (broad SMARTS) is 1. The van der Waals surface area contributed by atoms with Crippen LogP contribution >= 0.6 is 27.3 Å². The first-order valence-corrected chi connectivity index (χ1v) is 7.86. The SMILES string of the molecule is CCC(C)C(NC(=O)CCc1cc(Br)cs1)C(=O)O. The van der Waals surface area contributed by atoms with Gasteiger partial charge in [0.2, 0.25) is 5.91 Å². The van der Waals surface area contributed by atoms with Gasteiger partial charge in [-0.15, -0.1) is 11.3 Å². The predicted molar refractivity (Wildman–Crippen MR) is 79.4 cm³/mol. The van der Waals surface area contributed by atoms with Gasteiger partial charge >= 0.3 is 5.97 Å². The number of aliphatic carboxylic acids is 1. The Morgan fingerprint density at radius 2 is 2.21 bits per heavy atom. The van der Waals surface area contributed by atoms with Crippen molar-refractivity contribution in [3.05, 3.63) is 20.8 Å². The second kappa shape index (κ2) is 7.65. The molecule has 0 aliphatic rings. The Morgan fingerprint density at radius 1 is 1.53 bits per heavy atom. The lowest BCUT2D eigenvalue weighted by Gasteiger charge is -2.20. The number of hydrogen-bond acceptors (Lipinski definition) is 3. The third-order valence-corrected chi connectivity index (χ3v) is 4.77. The van der Waals surface area contributed by atoms with E-state index in [0.29, 0.717) is 12.8 Å². The minimum absolute atomic E-state index is 0.0719. The highest BCUT2D eigenvalue weighted by Crippen LogP contribution is 2.20. The monoisotopic (exact) mass is 347 g/mol. The number of amides is 1. The molecular weight excluding hydrogens is 330 g/mol. The summed E-state index contributed by atoms with van der Waals surface area (Å²) in [6.07, 6.45) is 1.66. The topological polar surface area (TPSA) is 66.4 Å². The maximum Gasteiger partial charge on any atom is 0.326 e. The molecule has 19 heavy (non-hydrogen) atoms. The number of carboxylic acids is 1. The minimum atomic E-state index is -0.971. The van der Waals surface area contributed by atoms with Gasteiger partial charge in [-0.05, 0) is 34.3 Å². The van der Waals surface area contributed by atoms with Crippen molar-refractivity contribution in [2.45, 2.75) is 39.2 Å². The largest absolute Gasteiger partial charge is 0.480 e. The number of thiophene rings is 1. The highest BCUT2D eigenvalue weighted by molar-refractivity contribution is 9.10. The summed E-state index contributed by atoms with van der Waals surface area (Å²) in [6, 6.07) is 1.17. The molecule has 0 saturated heterocycles. The molecule has 0 fully saturated rings. The summed E-state index contributed by atoms with van der Waals surface area (Å²) in [6.45, 7) is 3.74. The Bertz CT molecular complexity index is 447. The Labute approximate surface area is 125 Å². The van der Waals surface area contributed by atoms with Crippen LogP contribution in [0.2, 0.25) is 0 Å². The maximum absolute atomic E-state index is 11.8. The van der Waals surface area contributed by atoms with Gasteiger partial charge in [0, 0.05) is 21.2 Å². The van der Waals surface area contributed by atoms with Gasteiger partial charge in [-0.3, -0.25) is 4.79 Å². The Kier molecular flexibility index (Phi) is 6.51. The summed E-state index contributed by atoms with van der Waals surface area (Å²) in [7, 11) is 0. The van der Waals surface area contributed by atoms with Crippen molar-refractivity contribution in [2.75, 3.05) is 0 Å². The highest BCUT2D eigenvalue weighted by Gasteiger charge is 2.24. The molecule has 1 amide bonds. The van der Waals surface area contributed by atoms with Crippen LogP contribution in [0.5, 0.6) is 0 Å². The van der Waals surface area contributed by atoms with Gasteiger partial charge in [0.1, 0.15) is 6.04 Å². The van der Waals surface area contributed by atoms with Crippen molar-refractivity contribution < 1.29 is 14.7 Å². The summed E-state index contributed by atoms with van der Waals surface area (Å²) in [5, 5.41) is 13.7. The molecule has 0 saturated carbocycles. The lowest BCUT2D eigenvalue weighted by atomic mass is 9.99. The van der Waals surface area contributed by atoms with Crippen LogP contribution in [-0.2, 0) is 16.0 Å². The van der Waals surface area contributed by atoms with Gasteiger partial charge in [0.15, 0.2) is 0 Å². The average molecular weight is 348 g/mol. The first-order chi connectivity index (χ1) is 8.93. The minimum Gasteiger partial charge on any atom is -0.480 e. The number of rotatable bonds is 7. The fourth-order valence-electron chi connectivity index (χ4n) is 1.65. The van der Waals surface area contributed by atoms with Gasteiger partial charge in [0.25, 0.3) is 0 Å². The van der Waals surface area contributed by atoms with Crippen molar-refractivity contribution in [2.24, 2.45) is 5.92 Å². The second-order valence-electron chi connectivity index (χ2n) is 4.50. The molecule has 106 valence electrons. The van der Waals surface area contributed by atoms with Gasteiger partial charge in [-0.2, -0.15) is 0 Å². The number of nitrogens with one attached hydrogen (secondary N) is 1. The fourth-order valence-corrected chi connectivity index (χ4v) is 3.11. The zero-order chi connectivity index (χ0) is 14.4. The predicted octanol–water partition coefficient (Wildman–Crippen LogP) is 3.06. The average Bonchev–Trinajstić information content (AvgIpc) is 2.78. The molecule has 2 unspecified atom stereocenters. The van der Waals surface area contributed by atoms with E-state index in [1.54, 1.807) is 11.3 Å². The first kappa shape index (κ1) is 16.2. The van der Waals surface area contributed by atoms with Crippen molar-refractivity contribution in [3.8, 4) is 0 Å². The van der Waals surface area contributed by atoms with Crippen LogP contribution < -0.4 is 5.32 Å². The lowest BCUT2D eigenvalue weighted by molar-refractivity contribution is -0.143. The van der Waals surface area contributed by atoms with Crippen molar-refractivity contribution in [1.29, 1.82) is 0 Å². The van der Waals surface area contributed by atoms with E-state index in [4.69, 9.17) is 5.11 Å². The Balaban J connectivity index is 2.46. The van der Waals surface area contributed by atoms with E-state index in [0.717, 1.165) is 15.8 Å². The molecule has 6 heteroatoms. The molecule has 2 atom stereocenters. The molecule has 0 aliphatic heterocycles. The molecule has 1 aromatic heterocycles. The molecule has 0 aromatic carbocycles. The fraction of sp³-hybridized carbons (Fsp3) is 0.538. The number of aryl methyl sites for hydroxylation is 1. The summed E-state index contributed by atoms with van der Waals surface area (Å²) < 4.78 is 1.01. The number of carbonyl (C=O) groups is 2. The maximum atomic E-state index is 11.8.